The summed E-state index contributed by atoms with van der Waals surface area (Å²) in [5, 5.41) is 11.0. The molecule has 2 aromatic heterocycles. The van der Waals surface area contributed by atoms with Crippen LogP contribution in [0.2, 0.25) is 0 Å². The summed E-state index contributed by atoms with van der Waals surface area (Å²) in [5.74, 6) is -0.0615. The lowest BCUT2D eigenvalue weighted by Crippen LogP contribution is -2.28. The van der Waals surface area contributed by atoms with E-state index in [9.17, 15) is 13.6 Å². The zero-order valence-corrected chi connectivity index (χ0v) is 15.7. The fourth-order valence-electron chi connectivity index (χ4n) is 2.84. The number of aromatic nitrogens is 4. The Bertz CT molecular complexity index is 782. The maximum atomic E-state index is 13.1. The van der Waals surface area contributed by atoms with E-state index in [4.69, 9.17) is 0 Å². The van der Waals surface area contributed by atoms with Crippen LogP contribution in [0.5, 0.6) is 0 Å². The number of hydrogen-bond acceptors (Lipinski definition) is 3. The lowest BCUT2D eigenvalue weighted by Gasteiger charge is -2.08. The molecule has 1 aliphatic carbocycles. The Kier molecular flexibility index (Phi) is 5.21. The van der Waals surface area contributed by atoms with Crippen LogP contribution in [-0.2, 0) is 24.4 Å². The highest BCUT2D eigenvalue weighted by molar-refractivity contribution is 9.10. The van der Waals surface area contributed by atoms with Crippen molar-refractivity contribution < 1.29 is 13.6 Å². The lowest BCUT2D eigenvalue weighted by atomic mass is 10.2. The zero-order chi connectivity index (χ0) is 18.1. The second-order valence-corrected chi connectivity index (χ2v) is 6.96. The van der Waals surface area contributed by atoms with Crippen molar-refractivity contribution in [2.75, 3.05) is 0 Å². The number of alkyl halides is 2. The molecule has 25 heavy (non-hydrogen) atoms. The van der Waals surface area contributed by atoms with Gasteiger partial charge in [0.2, 0.25) is 5.91 Å². The van der Waals surface area contributed by atoms with Gasteiger partial charge in [-0.1, -0.05) is 0 Å². The van der Waals surface area contributed by atoms with Gasteiger partial charge in [0.25, 0.3) is 6.43 Å². The summed E-state index contributed by atoms with van der Waals surface area (Å²) >= 11 is 3.22. The van der Waals surface area contributed by atoms with Crippen molar-refractivity contribution in [1.29, 1.82) is 0 Å². The maximum Gasteiger partial charge on any atom is 0.283 e. The molecule has 9 heteroatoms. The second-order valence-electron chi connectivity index (χ2n) is 6.16. The van der Waals surface area contributed by atoms with Gasteiger partial charge in [-0.25, -0.2) is 8.78 Å². The summed E-state index contributed by atoms with van der Waals surface area (Å²) < 4.78 is 29.7. The Labute approximate surface area is 152 Å². The Hall–Kier alpha value is -1.77. The number of halogens is 3. The normalized spacial score (nSPS) is 14.3. The first-order valence-electron chi connectivity index (χ1n) is 8.24. The van der Waals surface area contributed by atoms with Gasteiger partial charge >= 0.3 is 0 Å². The van der Waals surface area contributed by atoms with Crippen molar-refractivity contribution >= 4 is 21.8 Å². The molecule has 0 radical (unpaired) electrons. The standard InChI is InChI=1S/C16H20BrF2N5O/c1-3-23-9(2)11(7-21-23)6-20-12(25)8-24-15(10-4-5-10)13(17)14(22-24)16(18)19/h7,10,16H,3-6,8H2,1-2H3,(H,20,25). The third-order valence-corrected chi connectivity index (χ3v) is 5.21. The predicted molar refractivity (Wildman–Crippen MR) is 91.3 cm³/mol. The maximum absolute atomic E-state index is 13.1. The molecule has 1 N–H and O–H groups in total. The van der Waals surface area contributed by atoms with Gasteiger partial charge < -0.3 is 5.32 Å². The van der Waals surface area contributed by atoms with Crippen molar-refractivity contribution in [3.63, 3.8) is 0 Å². The number of nitrogens with one attached hydrogen (secondary N) is 1. The topological polar surface area (TPSA) is 64.7 Å². The lowest BCUT2D eigenvalue weighted by molar-refractivity contribution is -0.122. The largest absolute Gasteiger partial charge is 0.350 e. The Morgan fingerprint density at radius 1 is 1.44 bits per heavy atom. The minimum Gasteiger partial charge on any atom is -0.350 e. The summed E-state index contributed by atoms with van der Waals surface area (Å²) in [7, 11) is 0. The third-order valence-electron chi connectivity index (χ3n) is 4.40. The number of nitrogens with zero attached hydrogens (tertiary/aromatic N) is 4. The van der Waals surface area contributed by atoms with E-state index in [2.05, 4.69) is 31.4 Å². The first-order chi connectivity index (χ1) is 11.9. The van der Waals surface area contributed by atoms with Crippen LogP contribution in [0.25, 0.3) is 0 Å². The smallest absolute Gasteiger partial charge is 0.283 e. The van der Waals surface area contributed by atoms with Crippen LogP contribution in [-0.4, -0.2) is 25.5 Å². The third kappa shape index (κ3) is 3.75. The number of hydrogen-bond donors (Lipinski definition) is 1. The molecule has 0 spiro atoms. The number of rotatable bonds is 7. The van der Waals surface area contributed by atoms with Gasteiger partial charge in [-0.2, -0.15) is 10.2 Å². The van der Waals surface area contributed by atoms with Crippen molar-refractivity contribution in [3.05, 3.63) is 33.3 Å². The van der Waals surface area contributed by atoms with Gasteiger partial charge in [-0.05, 0) is 42.6 Å². The van der Waals surface area contributed by atoms with Crippen molar-refractivity contribution in [3.8, 4) is 0 Å². The van der Waals surface area contributed by atoms with Crippen LogP contribution in [0.4, 0.5) is 8.78 Å². The van der Waals surface area contributed by atoms with Gasteiger partial charge in [0, 0.05) is 30.3 Å². The summed E-state index contributed by atoms with van der Waals surface area (Å²) in [4.78, 5) is 12.3. The number of amides is 1. The molecule has 0 bridgehead atoms. The van der Waals surface area contributed by atoms with E-state index < -0.39 is 6.43 Å². The van der Waals surface area contributed by atoms with E-state index in [0.29, 0.717) is 16.7 Å². The number of carbonyl (C=O) groups is 1. The second kappa shape index (κ2) is 7.23. The molecule has 2 heterocycles. The molecule has 0 saturated heterocycles. The summed E-state index contributed by atoms with van der Waals surface area (Å²) in [6, 6.07) is 0. The summed E-state index contributed by atoms with van der Waals surface area (Å²) in [6.45, 7) is 4.99. The molecule has 0 aliphatic heterocycles. The monoisotopic (exact) mass is 415 g/mol. The molecule has 1 fully saturated rings. The molecule has 1 saturated carbocycles. The fraction of sp³-hybridized carbons (Fsp3) is 0.562. The average Bonchev–Trinajstić information content (AvgIpc) is 3.25. The Morgan fingerprint density at radius 2 is 2.16 bits per heavy atom. The van der Waals surface area contributed by atoms with Gasteiger partial charge in [0.1, 0.15) is 12.2 Å². The molecule has 1 aliphatic rings. The molecular weight excluding hydrogens is 396 g/mol. The van der Waals surface area contributed by atoms with Crippen LogP contribution < -0.4 is 5.32 Å². The Balaban J connectivity index is 1.68. The molecule has 2 aromatic rings. The first-order valence-corrected chi connectivity index (χ1v) is 9.03. The summed E-state index contributed by atoms with van der Waals surface area (Å²) in [5.41, 5.74) is 2.34. The van der Waals surface area contributed by atoms with E-state index in [0.717, 1.165) is 30.6 Å². The zero-order valence-electron chi connectivity index (χ0n) is 14.1. The van der Waals surface area contributed by atoms with Crippen LogP contribution in [0, 0.1) is 6.92 Å². The minimum atomic E-state index is -2.67. The van der Waals surface area contributed by atoms with E-state index in [1.807, 2.05) is 18.5 Å². The Morgan fingerprint density at radius 3 is 2.72 bits per heavy atom. The quantitative estimate of drug-likeness (QED) is 0.754. The van der Waals surface area contributed by atoms with E-state index in [-0.39, 0.29) is 24.1 Å². The van der Waals surface area contributed by atoms with Crippen LogP contribution >= 0.6 is 15.9 Å². The van der Waals surface area contributed by atoms with Gasteiger partial charge in [0.15, 0.2) is 0 Å². The highest BCUT2D eigenvalue weighted by Gasteiger charge is 2.34. The average molecular weight is 416 g/mol. The van der Waals surface area contributed by atoms with Crippen molar-refractivity contribution in [2.45, 2.75) is 58.7 Å². The van der Waals surface area contributed by atoms with E-state index in [1.54, 1.807) is 6.20 Å². The van der Waals surface area contributed by atoms with Crippen LogP contribution in [0.1, 0.15) is 54.8 Å². The molecule has 1 amide bonds. The fourth-order valence-corrected chi connectivity index (χ4v) is 3.62. The van der Waals surface area contributed by atoms with Crippen LogP contribution in [0.15, 0.2) is 10.7 Å². The minimum absolute atomic E-state index is 0.0713. The summed E-state index contributed by atoms with van der Waals surface area (Å²) in [6.07, 6.45) is 0.931. The molecule has 136 valence electrons. The molecule has 6 nitrogen and oxygen atoms in total. The van der Waals surface area contributed by atoms with Crippen molar-refractivity contribution in [2.24, 2.45) is 0 Å². The molecule has 0 aromatic carbocycles. The van der Waals surface area contributed by atoms with E-state index in [1.165, 1.54) is 4.68 Å². The highest BCUT2D eigenvalue weighted by atomic mass is 79.9. The number of carbonyl (C=O) groups excluding carboxylic acids is 1. The molecule has 0 atom stereocenters. The SMILES string of the molecule is CCn1ncc(CNC(=O)Cn2nc(C(F)F)c(Br)c2C2CC2)c1C. The molecule has 3 rings (SSSR count). The van der Waals surface area contributed by atoms with Gasteiger partial charge in [0.05, 0.1) is 16.4 Å². The van der Waals surface area contributed by atoms with Crippen LogP contribution in [0.3, 0.4) is 0 Å². The predicted octanol–water partition coefficient (Wildman–Crippen LogP) is 3.30. The highest BCUT2D eigenvalue weighted by Crippen LogP contribution is 2.45. The molecular formula is C16H20BrF2N5O. The first kappa shape index (κ1) is 18.0. The number of aryl methyl sites for hydroxylation is 1. The van der Waals surface area contributed by atoms with Gasteiger partial charge in [-0.15, -0.1) is 0 Å². The van der Waals surface area contributed by atoms with Crippen molar-refractivity contribution in [1.82, 2.24) is 24.9 Å². The van der Waals surface area contributed by atoms with Gasteiger partial charge in [-0.3, -0.25) is 14.2 Å². The van der Waals surface area contributed by atoms with E-state index >= 15 is 0 Å². The molecule has 0 unspecified atom stereocenters.